The van der Waals surface area contributed by atoms with Crippen LogP contribution in [0.4, 0.5) is 0 Å². The topological polar surface area (TPSA) is 0 Å². The molecule has 0 spiro atoms. The van der Waals surface area contributed by atoms with Crippen molar-refractivity contribution in [3.63, 3.8) is 0 Å². The molecule has 13 heavy (non-hydrogen) atoms. The summed E-state index contributed by atoms with van der Waals surface area (Å²) in [6.07, 6.45) is 1.07. The van der Waals surface area contributed by atoms with Crippen molar-refractivity contribution in [1.82, 2.24) is 0 Å². The van der Waals surface area contributed by atoms with Crippen molar-refractivity contribution in [3.8, 4) is 0 Å². The standard InChI is InChI=1S/C10H9ClS2/c1-2-8-4-6-3-7(11)5-9(12)10(6)13-8/h3-5,12H,2H2,1H3. The highest BCUT2D eigenvalue weighted by atomic mass is 35.5. The number of benzene rings is 1. The molecule has 0 amide bonds. The maximum Gasteiger partial charge on any atom is 0.0480 e. The summed E-state index contributed by atoms with van der Waals surface area (Å²) in [5, 5.41) is 1.97. The summed E-state index contributed by atoms with van der Waals surface area (Å²) in [5.41, 5.74) is 0. The molecule has 0 radical (unpaired) electrons. The van der Waals surface area contributed by atoms with Gasteiger partial charge in [-0.2, -0.15) is 0 Å². The van der Waals surface area contributed by atoms with E-state index in [1.165, 1.54) is 15.0 Å². The van der Waals surface area contributed by atoms with Crippen LogP contribution in [-0.2, 0) is 6.42 Å². The Labute approximate surface area is 91.9 Å². The fraction of sp³-hybridized carbons (Fsp3) is 0.200. The number of hydrogen-bond donors (Lipinski definition) is 1. The normalized spacial score (nSPS) is 11.0. The minimum atomic E-state index is 0.762. The van der Waals surface area contributed by atoms with Crippen molar-refractivity contribution < 1.29 is 0 Å². The molecule has 68 valence electrons. The van der Waals surface area contributed by atoms with Gasteiger partial charge in [-0.1, -0.05) is 18.5 Å². The molecule has 0 saturated heterocycles. The number of rotatable bonds is 1. The summed E-state index contributed by atoms with van der Waals surface area (Å²) in [6.45, 7) is 2.16. The zero-order valence-corrected chi connectivity index (χ0v) is 9.64. The smallest absolute Gasteiger partial charge is 0.0480 e. The zero-order valence-electron chi connectivity index (χ0n) is 7.17. The van der Waals surface area contributed by atoms with Gasteiger partial charge in [0, 0.05) is 19.5 Å². The lowest BCUT2D eigenvalue weighted by molar-refractivity contribution is 1.19. The Morgan fingerprint density at radius 3 is 2.85 bits per heavy atom. The second kappa shape index (κ2) is 3.52. The Hall–Kier alpha value is -0.180. The minimum Gasteiger partial charge on any atom is -0.142 e. The molecule has 0 aliphatic rings. The van der Waals surface area contributed by atoms with Gasteiger partial charge < -0.3 is 0 Å². The number of halogens is 1. The van der Waals surface area contributed by atoms with E-state index < -0.39 is 0 Å². The molecule has 0 aliphatic heterocycles. The van der Waals surface area contributed by atoms with Gasteiger partial charge in [0.2, 0.25) is 0 Å². The second-order valence-electron chi connectivity index (χ2n) is 2.91. The van der Waals surface area contributed by atoms with Crippen LogP contribution < -0.4 is 0 Å². The van der Waals surface area contributed by atoms with E-state index in [0.717, 1.165) is 16.3 Å². The third-order valence-electron chi connectivity index (χ3n) is 1.96. The quantitative estimate of drug-likeness (QED) is 0.687. The Bertz CT molecular complexity index is 445. The summed E-state index contributed by atoms with van der Waals surface area (Å²) in [6, 6.07) is 6.07. The number of thiophene rings is 1. The lowest BCUT2D eigenvalue weighted by Crippen LogP contribution is -1.67. The summed E-state index contributed by atoms with van der Waals surface area (Å²) in [5.74, 6) is 0. The predicted octanol–water partition coefficient (Wildman–Crippen LogP) is 4.41. The minimum absolute atomic E-state index is 0.762. The summed E-state index contributed by atoms with van der Waals surface area (Å²) >= 11 is 12.1. The van der Waals surface area contributed by atoms with E-state index in [0.29, 0.717) is 0 Å². The zero-order chi connectivity index (χ0) is 9.42. The molecule has 1 aromatic heterocycles. The summed E-state index contributed by atoms with van der Waals surface area (Å²) < 4.78 is 1.24. The summed E-state index contributed by atoms with van der Waals surface area (Å²) in [7, 11) is 0. The SMILES string of the molecule is CCc1cc2cc(Cl)cc(S)c2s1. The van der Waals surface area contributed by atoms with Crippen molar-refractivity contribution in [1.29, 1.82) is 0 Å². The highest BCUT2D eigenvalue weighted by Gasteiger charge is 2.04. The number of thiol groups is 1. The van der Waals surface area contributed by atoms with Crippen molar-refractivity contribution in [2.45, 2.75) is 18.2 Å². The number of fused-ring (bicyclic) bond motifs is 1. The molecular weight excluding hydrogens is 220 g/mol. The Morgan fingerprint density at radius 1 is 1.38 bits per heavy atom. The van der Waals surface area contributed by atoms with Crippen LogP contribution in [0.1, 0.15) is 11.8 Å². The maximum atomic E-state index is 5.93. The highest BCUT2D eigenvalue weighted by molar-refractivity contribution is 7.80. The number of hydrogen-bond acceptors (Lipinski definition) is 2. The van der Waals surface area contributed by atoms with E-state index in [4.69, 9.17) is 11.6 Å². The van der Waals surface area contributed by atoms with Crippen LogP contribution in [0.25, 0.3) is 10.1 Å². The molecular formula is C10H9ClS2. The van der Waals surface area contributed by atoms with E-state index in [2.05, 4.69) is 25.6 Å². The lowest BCUT2D eigenvalue weighted by atomic mass is 10.2. The lowest BCUT2D eigenvalue weighted by Gasteiger charge is -1.94. The van der Waals surface area contributed by atoms with Crippen LogP contribution in [0.15, 0.2) is 23.1 Å². The van der Waals surface area contributed by atoms with E-state index in [-0.39, 0.29) is 0 Å². The summed E-state index contributed by atoms with van der Waals surface area (Å²) in [4.78, 5) is 2.36. The first-order chi connectivity index (χ1) is 6.20. The van der Waals surface area contributed by atoms with Crippen LogP contribution in [0.3, 0.4) is 0 Å². The van der Waals surface area contributed by atoms with Gasteiger partial charge in [-0.05, 0) is 30.0 Å². The van der Waals surface area contributed by atoms with E-state index >= 15 is 0 Å². The van der Waals surface area contributed by atoms with Crippen molar-refractivity contribution in [2.24, 2.45) is 0 Å². The van der Waals surface area contributed by atoms with E-state index in [1.807, 2.05) is 12.1 Å². The average Bonchev–Trinajstić information content (AvgIpc) is 2.47. The van der Waals surface area contributed by atoms with Crippen LogP contribution in [0, 0.1) is 0 Å². The average molecular weight is 229 g/mol. The molecule has 1 aromatic carbocycles. The van der Waals surface area contributed by atoms with Gasteiger partial charge in [-0.25, -0.2) is 0 Å². The molecule has 0 fully saturated rings. The fourth-order valence-corrected chi connectivity index (χ4v) is 3.03. The Morgan fingerprint density at radius 2 is 2.15 bits per heavy atom. The second-order valence-corrected chi connectivity index (χ2v) is 4.96. The van der Waals surface area contributed by atoms with Gasteiger partial charge >= 0.3 is 0 Å². The maximum absolute atomic E-state index is 5.93. The third-order valence-corrected chi connectivity index (χ3v) is 4.01. The molecule has 1 heterocycles. The molecule has 0 N–H and O–H groups in total. The van der Waals surface area contributed by atoms with Crippen LogP contribution in [-0.4, -0.2) is 0 Å². The first-order valence-corrected chi connectivity index (χ1v) is 5.76. The van der Waals surface area contributed by atoms with Gasteiger partial charge in [0.1, 0.15) is 0 Å². The molecule has 3 heteroatoms. The predicted molar refractivity (Wildman–Crippen MR) is 63.5 cm³/mol. The highest BCUT2D eigenvalue weighted by Crippen LogP contribution is 2.33. The Kier molecular flexibility index (Phi) is 2.54. The van der Waals surface area contributed by atoms with Gasteiger partial charge in [0.25, 0.3) is 0 Å². The molecule has 0 aliphatic carbocycles. The first kappa shape index (κ1) is 9.38. The van der Waals surface area contributed by atoms with Crippen LogP contribution in [0.2, 0.25) is 5.02 Å². The molecule has 0 saturated carbocycles. The number of aryl methyl sites for hydroxylation is 1. The molecule has 0 nitrogen and oxygen atoms in total. The van der Waals surface area contributed by atoms with Gasteiger partial charge in [-0.3, -0.25) is 0 Å². The molecule has 2 rings (SSSR count). The molecule has 0 atom stereocenters. The van der Waals surface area contributed by atoms with Crippen molar-refractivity contribution in [3.05, 3.63) is 28.1 Å². The Balaban J connectivity index is 2.75. The van der Waals surface area contributed by atoms with Gasteiger partial charge in [0.15, 0.2) is 0 Å². The van der Waals surface area contributed by atoms with E-state index in [9.17, 15) is 0 Å². The van der Waals surface area contributed by atoms with Crippen LogP contribution in [0.5, 0.6) is 0 Å². The largest absolute Gasteiger partial charge is 0.142 e. The van der Waals surface area contributed by atoms with Gasteiger partial charge in [0.05, 0.1) is 0 Å². The first-order valence-electron chi connectivity index (χ1n) is 4.11. The molecule has 0 bridgehead atoms. The van der Waals surface area contributed by atoms with E-state index in [1.54, 1.807) is 11.3 Å². The third kappa shape index (κ3) is 1.71. The monoisotopic (exact) mass is 228 g/mol. The molecule has 2 aromatic rings. The van der Waals surface area contributed by atoms with Crippen LogP contribution >= 0.6 is 35.6 Å². The van der Waals surface area contributed by atoms with Gasteiger partial charge in [-0.15, -0.1) is 24.0 Å². The fourth-order valence-electron chi connectivity index (χ4n) is 1.33. The molecule has 0 unspecified atom stereocenters. The van der Waals surface area contributed by atoms with Crippen molar-refractivity contribution in [2.75, 3.05) is 0 Å². The van der Waals surface area contributed by atoms with Crippen molar-refractivity contribution >= 4 is 45.7 Å².